The maximum atomic E-state index is 11.9. The molecule has 0 aliphatic carbocycles. The average molecular weight is 225 g/mol. The molecule has 2 atom stereocenters. The van der Waals surface area contributed by atoms with Gasteiger partial charge in [-0.2, -0.15) is 0 Å². The molecule has 4 nitrogen and oxygen atoms in total. The molecule has 0 aromatic rings. The first kappa shape index (κ1) is 11.9. The van der Waals surface area contributed by atoms with E-state index in [0.29, 0.717) is 31.0 Å². The second kappa shape index (κ2) is 5.15. The van der Waals surface area contributed by atoms with Gasteiger partial charge in [0.15, 0.2) is 0 Å². The fourth-order valence-electron chi connectivity index (χ4n) is 2.75. The SMILES string of the molecule is CC1CCCN(CC(=O)N2CCC2)C1CN. The minimum atomic E-state index is 0.291. The van der Waals surface area contributed by atoms with E-state index in [0.717, 1.165) is 19.6 Å². The minimum absolute atomic E-state index is 0.291. The van der Waals surface area contributed by atoms with Gasteiger partial charge in [-0.3, -0.25) is 9.69 Å². The molecule has 2 aliphatic rings. The summed E-state index contributed by atoms with van der Waals surface area (Å²) in [7, 11) is 0. The summed E-state index contributed by atoms with van der Waals surface area (Å²) in [6.07, 6.45) is 3.61. The summed E-state index contributed by atoms with van der Waals surface area (Å²) < 4.78 is 0. The van der Waals surface area contributed by atoms with Gasteiger partial charge in [-0.15, -0.1) is 0 Å². The van der Waals surface area contributed by atoms with Gasteiger partial charge in [0.1, 0.15) is 0 Å². The number of nitrogens with two attached hydrogens (primary N) is 1. The van der Waals surface area contributed by atoms with Gasteiger partial charge < -0.3 is 10.6 Å². The smallest absolute Gasteiger partial charge is 0.236 e. The second-order valence-corrected chi connectivity index (χ2v) is 5.13. The lowest BCUT2D eigenvalue weighted by Gasteiger charge is -2.41. The maximum absolute atomic E-state index is 11.9. The average Bonchev–Trinajstić information content (AvgIpc) is 2.15. The molecule has 92 valence electrons. The molecule has 0 saturated carbocycles. The Balaban J connectivity index is 1.88. The van der Waals surface area contributed by atoms with Crippen LogP contribution in [-0.4, -0.2) is 54.5 Å². The van der Waals surface area contributed by atoms with Gasteiger partial charge >= 0.3 is 0 Å². The Morgan fingerprint density at radius 2 is 2.06 bits per heavy atom. The van der Waals surface area contributed by atoms with E-state index < -0.39 is 0 Å². The number of likely N-dealkylation sites (tertiary alicyclic amines) is 2. The molecule has 2 N–H and O–H groups in total. The Morgan fingerprint density at radius 1 is 1.31 bits per heavy atom. The zero-order chi connectivity index (χ0) is 11.5. The normalized spacial score (nSPS) is 31.2. The number of rotatable bonds is 3. The van der Waals surface area contributed by atoms with E-state index in [1.165, 1.54) is 19.3 Å². The number of hydrogen-bond acceptors (Lipinski definition) is 3. The second-order valence-electron chi connectivity index (χ2n) is 5.13. The predicted octanol–water partition coefficient (Wildman–Crippen LogP) is 0.278. The van der Waals surface area contributed by atoms with Crippen molar-refractivity contribution in [1.29, 1.82) is 0 Å². The molecule has 2 saturated heterocycles. The van der Waals surface area contributed by atoms with Gasteiger partial charge in [0.05, 0.1) is 6.54 Å². The summed E-state index contributed by atoms with van der Waals surface area (Å²) in [5.41, 5.74) is 5.82. The first-order chi connectivity index (χ1) is 7.72. The van der Waals surface area contributed by atoms with Crippen LogP contribution in [0.2, 0.25) is 0 Å². The van der Waals surface area contributed by atoms with Gasteiger partial charge in [-0.25, -0.2) is 0 Å². The Morgan fingerprint density at radius 3 is 2.62 bits per heavy atom. The highest BCUT2D eigenvalue weighted by atomic mass is 16.2. The minimum Gasteiger partial charge on any atom is -0.341 e. The van der Waals surface area contributed by atoms with Gasteiger partial charge in [0.2, 0.25) is 5.91 Å². The first-order valence-corrected chi connectivity index (χ1v) is 6.44. The van der Waals surface area contributed by atoms with Crippen molar-refractivity contribution < 1.29 is 4.79 Å². The molecule has 0 radical (unpaired) electrons. The Hall–Kier alpha value is -0.610. The molecule has 0 aromatic carbocycles. The lowest BCUT2D eigenvalue weighted by molar-refractivity contribution is -0.137. The van der Waals surface area contributed by atoms with Crippen LogP contribution in [0.25, 0.3) is 0 Å². The highest BCUT2D eigenvalue weighted by Gasteiger charge is 2.30. The van der Waals surface area contributed by atoms with Crippen LogP contribution in [0, 0.1) is 5.92 Å². The zero-order valence-corrected chi connectivity index (χ0v) is 10.2. The summed E-state index contributed by atoms with van der Waals surface area (Å²) in [4.78, 5) is 16.1. The van der Waals surface area contributed by atoms with Crippen LogP contribution < -0.4 is 5.73 Å². The summed E-state index contributed by atoms with van der Waals surface area (Å²) in [6, 6.07) is 0.402. The number of hydrogen-bond donors (Lipinski definition) is 1. The molecular weight excluding hydrogens is 202 g/mol. The molecule has 2 heterocycles. The zero-order valence-electron chi connectivity index (χ0n) is 10.2. The van der Waals surface area contributed by atoms with Crippen LogP contribution in [0.15, 0.2) is 0 Å². The summed E-state index contributed by atoms with van der Waals surface area (Å²) in [5.74, 6) is 0.918. The molecule has 2 unspecified atom stereocenters. The van der Waals surface area contributed by atoms with Crippen LogP contribution in [0.1, 0.15) is 26.2 Å². The first-order valence-electron chi connectivity index (χ1n) is 6.44. The number of carbonyl (C=O) groups is 1. The quantitative estimate of drug-likeness (QED) is 0.750. The maximum Gasteiger partial charge on any atom is 0.236 e. The van der Waals surface area contributed by atoms with E-state index in [2.05, 4.69) is 11.8 Å². The van der Waals surface area contributed by atoms with E-state index >= 15 is 0 Å². The van der Waals surface area contributed by atoms with E-state index in [9.17, 15) is 4.79 Å². The van der Waals surface area contributed by atoms with Gasteiger partial charge in [0, 0.05) is 25.7 Å². The number of nitrogens with zero attached hydrogens (tertiary/aromatic N) is 2. The number of carbonyl (C=O) groups excluding carboxylic acids is 1. The van der Waals surface area contributed by atoms with E-state index in [-0.39, 0.29) is 0 Å². The molecular formula is C12H23N3O. The van der Waals surface area contributed by atoms with Crippen molar-refractivity contribution in [2.45, 2.75) is 32.2 Å². The van der Waals surface area contributed by atoms with Crippen LogP contribution >= 0.6 is 0 Å². The van der Waals surface area contributed by atoms with Crippen molar-refractivity contribution in [2.75, 3.05) is 32.7 Å². The number of amides is 1. The molecule has 4 heteroatoms. The van der Waals surface area contributed by atoms with Crippen LogP contribution in [0.4, 0.5) is 0 Å². The molecule has 1 amide bonds. The fraction of sp³-hybridized carbons (Fsp3) is 0.917. The van der Waals surface area contributed by atoms with E-state index in [1.807, 2.05) is 4.90 Å². The van der Waals surface area contributed by atoms with Gasteiger partial charge in [0.25, 0.3) is 0 Å². The topological polar surface area (TPSA) is 49.6 Å². The number of piperidine rings is 1. The largest absolute Gasteiger partial charge is 0.341 e. The van der Waals surface area contributed by atoms with Gasteiger partial charge in [-0.1, -0.05) is 6.92 Å². The van der Waals surface area contributed by atoms with Crippen LogP contribution in [0.3, 0.4) is 0 Å². The standard InChI is InChI=1S/C12H23N3O/c1-10-4-2-5-15(11(10)8-13)9-12(16)14-6-3-7-14/h10-11H,2-9,13H2,1H3. The van der Waals surface area contributed by atoms with Crippen molar-refractivity contribution in [1.82, 2.24) is 9.80 Å². The van der Waals surface area contributed by atoms with Gasteiger partial charge in [-0.05, 0) is 31.7 Å². The third-order valence-corrected chi connectivity index (χ3v) is 4.02. The predicted molar refractivity (Wildman–Crippen MR) is 64.0 cm³/mol. The molecule has 0 aromatic heterocycles. The third-order valence-electron chi connectivity index (χ3n) is 4.02. The molecule has 0 spiro atoms. The molecule has 2 aliphatic heterocycles. The van der Waals surface area contributed by atoms with Crippen molar-refractivity contribution in [3.63, 3.8) is 0 Å². The summed E-state index contributed by atoms with van der Waals surface area (Å²) in [6.45, 7) is 6.44. The van der Waals surface area contributed by atoms with Crippen molar-refractivity contribution in [3.8, 4) is 0 Å². The van der Waals surface area contributed by atoms with Crippen LogP contribution in [-0.2, 0) is 4.79 Å². The Kier molecular flexibility index (Phi) is 3.82. The monoisotopic (exact) mass is 225 g/mol. The lowest BCUT2D eigenvalue weighted by atomic mass is 9.91. The molecule has 16 heavy (non-hydrogen) atoms. The highest BCUT2D eigenvalue weighted by Crippen LogP contribution is 2.22. The molecule has 0 bridgehead atoms. The van der Waals surface area contributed by atoms with Crippen molar-refractivity contribution in [2.24, 2.45) is 11.7 Å². The molecule has 2 fully saturated rings. The summed E-state index contributed by atoms with van der Waals surface area (Å²) >= 11 is 0. The van der Waals surface area contributed by atoms with Crippen molar-refractivity contribution in [3.05, 3.63) is 0 Å². The molecule has 2 rings (SSSR count). The van der Waals surface area contributed by atoms with E-state index in [1.54, 1.807) is 0 Å². The van der Waals surface area contributed by atoms with E-state index in [4.69, 9.17) is 5.73 Å². The highest BCUT2D eigenvalue weighted by molar-refractivity contribution is 5.79. The van der Waals surface area contributed by atoms with Crippen molar-refractivity contribution >= 4 is 5.91 Å². The Bertz CT molecular complexity index is 253. The summed E-state index contributed by atoms with van der Waals surface area (Å²) in [5, 5.41) is 0. The van der Waals surface area contributed by atoms with Crippen LogP contribution in [0.5, 0.6) is 0 Å². The Labute approximate surface area is 97.8 Å². The fourth-order valence-corrected chi connectivity index (χ4v) is 2.75. The lowest BCUT2D eigenvalue weighted by Crippen LogP contribution is -2.54. The third kappa shape index (κ3) is 2.38.